The van der Waals surface area contributed by atoms with Crippen LogP contribution in [0.5, 0.6) is 0 Å². The number of para-hydroxylation sites is 2. The van der Waals surface area contributed by atoms with Crippen LogP contribution in [0, 0.1) is 0 Å². The van der Waals surface area contributed by atoms with Crippen LogP contribution in [-0.2, 0) is 4.79 Å². The molecule has 2 N–H and O–H groups in total. The number of piperidine rings is 1. The minimum Gasteiger partial charge on any atom is -0.436 e. The Morgan fingerprint density at radius 2 is 1.94 bits per heavy atom. The van der Waals surface area contributed by atoms with Gasteiger partial charge in [-0.1, -0.05) is 12.1 Å². The number of oxazole rings is 1. The van der Waals surface area contributed by atoms with Gasteiger partial charge in [0.2, 0.25) is 11.8 Å². The molecule has 1 aromatic carbocycles. The number of nitrogen functional groups attached to an aromatic ring is 1. The van der Waals surface area contributed by atoms with E-state index in [9.17, 15) is 4.79 Å². The Kier molecular flexibility index (Phi) is 5.65. The maximum absolute atomic E-state index is 11.5. The number of hydrogen-bond acceptors (Lipinski definition) is 6. The highest BCUT2D eigenvalue weighted by atomic mass is 35.5. The Morgan fingerprint density at radius 1 is 1.16 bits per heavy atom. The predicted molar refractivity (Wildman–Crippen MR) is 121 cm³/mol. The van der Waals surface area contributed by atoms with Gasteiger partial charge in [0.25, 0.3) is 0 Å². The number of benzene rings is 1. The predicted octanol–water partition coefficient (Wildman–Crippen LogP) is 3.94. The molecule has 160 valence electrons. The SMILES string of the molecule is CC(=O)N1CCC(n2cc(-c3cnc(N)c(-c4nc5ccccc5o4)c3)cn2)CC1.Cl. The van der Waals surface area contributed by atoms with E-state index in [0.717, 1.165) is 42.6 Å². The summed E-state index contributed by atoms with van der Waals surface area (Å²) >= 11 is 0. The zero-order valence-electron chi connectivity index (χ0n) is 17.1. The second kappa shape index (κ2) is 8.39. The minimum absolute atomic E-state index is 0. The molecule has 4 heterocycles. The molecule has 0 saturated carbocycles. The van der Waals surface area contributed by atoms with E-state index in [1.54, 1.807) is 13.1 Å². The molecular formula is C22H23ClN6O2. The smallest absolute Gasteiger partial charge is 0.231 e. The summed E-state index contributed by atoms with van der Waals surface area (Å²) in [5, 5.41) is 4.56. The van der Waals surface area contributed by atoms with Crippen molar-refractivity contribution in [3.05, 3.63) is 48.9 Å². The van der Waals surface area contributed by atoms with E-state index in [4.69, 9.17) is 10.2 Å². The molecule has 1 fully saturated rings. The first kappa shape index (κ1) is 20.9. The molecule has 0 spiro atoms. The molecule has 8 nitrogen and oxygen atoms in total. The molecule has 0 bridgehead atoms. The fraction of sp³-hybridized carbons (Fsp3) is 0.273. The molecule has 31 heavy (non-hydrogen) atoms. The molecule has 1 saturated heterocycles. The van der Waals surface area contributed by atoms with Crippen LogP contribution in [0.3, 0.4) is 0 Å². The van der Waals surface area contributed by atoms with Crippen LogP contribution >= 0.6 is 12.4 Å². The van der Waals surface area contributed by atoms with E-state index >= 15 is 0 Å². The fourth-order valence-corrected chi connectivity index (χ4v) is 3.92. The van der Waals surface area contributed by atoms with Gasteiger partial charge in [-0.2, -0.15) is 5.10 Å². The first-order valence-electron chi connectivity index (χ1n) is 10.00. The third kappa shape index (κ3) is 3.98. The van der Waals surface area contributed by atoms with Crippen molar-refractivity contribution in [1.29, 1.82) is 0 Å². The van der Waals surface area contributed by atoms with E-state index in [0.29, 0.717) is 22.9 Å². The van der Waals surface area contributed by atoms with Crippen molar-refractivity contribution < 1.29 is 9.21 Å². The van der Waals surface area contributed by atoms with Crippen LogP contribution in [-0.4, -0.2) is 43.6 Å². The maximum Gasteiger partial charge on any atom is 0.231 e. The van der Waals surface area contributed by atoms with Crippen LogP contribution in [0.2, 0.25) is 0 Å². The molecule has 5 rings (SSSR count). The molecule has 0 unspecified atom stereocenters. The van der Waals surface area contributed by atoms with E-state index < -0.39 is 0 Å². The Morgan fingerprint density at radius 3 is 2.68 bits per heavy atom. The quantitative estimate of drug-likeness (QED) is 0.519. The van der Waals surface area contributed by atoms with Crippen molar-refractivity contribution in [3.63, 3.8) is 0 Å². The van der Waals surface area contributed by atoms with E-state index in [1.165, 1.54) is 0 Å². The highest BCUT2D eigenvalue weighted by molar-refractivity contribution is 5.85. The monoisotopic (exact) mass is 438 g/mol. The molecule has 1 aliphatic heterocycles. The van der Waals surface area contributed by atoms with Gasteiger partial charge >= 0.3 is 0 Å². The number of fused-ring (bicyclic) bond motifs is 1. The molecule has 0 radical (unpaired) electrons. The Bertz CT molecular complexity index is 1190. The van der Waals surface area contributed by atoms with Crippen molar-refractivity contribution in [2.24, 2.45) is 0 Å². The zero-order chi connectivity index (χ0) is 20.7. The lowest BCUT2D eigenvalue weighted by atomic mass is 10.1. The normalized spacial score (nSPS) is 14.5. The first-order chi connectivity index (χ1) is 14.6. The summed E-state index contributed by atoms with van der Waals surface area (Å²) in [7, 11) is 0. The summed E-state index contributed by atoms with van der Waals surface area (Å²) in [6, 6.07) is 9.82. The second-order valence-electron chi connectivity index (χ2n) is 7.59. The number of amides is 1. The lowest BCUT2D eigenvalue weighted by Crippen LogP contribution is -2.37. The third-order valence-electron chi connectivity index (χ3n) is 5.66. The molecule has 4 aromatic rings. The molecule has 1 amide bonds. The average molecular weight is 439 g/mol. The number of halogens is 1. The molecule has 1 aliphatic rings. The maximum atomic E-state index is 11.5. The first-order valence-corrected chi connectivity index (χ1v) is 10.00. The van der Waals surface area contributed by atoms with Gasteiger partial charge in [-0.3, -0.25) is 9.48 Å². The summed E-state index contributed by atoms with van der Waals surface area (Å²) in [5.41, 5.74) is 10.1. The lowest BCUT2D eigenvalue weighted by Gasteiger charge is -2.31. The van der Waals surface area contributed by atoms with E-state index in [1.807, 2.05) is 52.3 Å². The number of aromatic nitrogens is 4. The van der Waals surface area contributed by atoms with Crippen molar-refractivity contribution in [2.75, 3.05) is 18.8 Å². The fourth-order valence-electron chi connectivity index (χ4n) is 3.92. The molecule has 3 aromatic heterocycles. The largest absolute Gasteiger partial charge is 0.436 e. The van der Waals surface area contributed by atoms with Gasteiger partial charge in [-0.05, 0) is 31.0 Å². The van der Waals surface area contributed by atoms with Gasteiger partial charge in [-0.15, -0.1) is 12.4 Å². The topological polar surface area (TPSA) is 103 Å². The summed E-state index contributed by atoms with van der Waals surface area (Å²) in [5.74, 6) is 0.954. The molecular weight excluding hydrogens is 416 g/mol. The number of rotatable bonds is 3. The number of carbonyl (C=O) groups excluding carboxylic acids is 1. The van der Waals surface area contributed by atoms with Gasteiger partial charge in [0.15, 0.2) is 5.58 Å². The van der Waals surface area contributed by atoms with Crippen molar-refractivity contribution in [1.82, 2.24) is 24.6 Å². The number of carbonyl (C=O) groups is 1. The van der Waals surface area contributed by atoms with Crippen molar-refractivity contribution >= 4 is 35.2 Å². The molecule has 9 heteroatoms. The van der Waals surface area contributed by atoms with Crippen molar-refractivity contribution in [3.8, 4) is 22.6 Å². The van der Waals surface area contributed by atoms with Crippen LogP contribution in [0.15, 0.2) is 53.3 Å². The molecule has 0 atom stereocenters. The van der Waals surface area contributed by atoms with Gasteiger partial charge in [-0.25, -0.2) is 9.97 Å². The summed E-state index contributed by atoms with van der Waals surface area (Å²) in [6.45, 7) is 3.15. The number of nitrogens with zero attached hydrogens (tertiary/aromatic N) is 5. The zero-order valence-corrected chi connectivity index (χ0v) is 17.9. The Labute approximate surface area is 185 Å². The van der Waals surface area contributed by atoms with Gasteiger partial charge in [0, 0.05) is 43.5 Å². The van der Waals surface area contributed by atoms with Gasteiger partial charge in [0.05, 0.1) is 17.8 Å². The average Bonchev–Trinajstić information content (AvgIpc) is 3.41. The number of hydrogen-bond donors (Lipinski definition) is 1. The summed E-state index contributed by atoms with van der Waals surface area (Å²) in [6.07, 6.45) is 7.39. The second-order valence-corrected chi connectivity index (χ2v) is 7.59. The van der Waals surface area contributed by atoms with Gasteiger partial charge < -0.3 is 15.1 Å². The Balaban J connectivity index is 0.00000231. The standard InChI is InChI=1S/C22H22N6O2.ClH/c1-14(29)27-8-6-17(7-9-27)28-13-16(12-25-28)15-10-18(21(23)24-11-15)22-26-19-4-2-3-5-20(19)30-22;/h2-5,10-13,17H,6-9H2,1H3,(H2,23,24);1H. The summed E-state index contributed by atoms with van der Waals surface area (Å²) in [4.78, 5) is 22.3. The minimum atomic E-state index is 0. The lowest BCUT2D eigenvalue weighted by molar-refractivity contribution is -0.130. The van der Waals surface area contributed by atoms with Crippen molar-refractivity contribution in [2.45, 2.75) is 25.8 Å². The number of likely N-dealkylation sites (tertiary alicyclic amines) is 1. The highest BCUT2D eigenvalue weighted by Crippen LogP contribution is 2.32. The van der Waals surface area contributed by atoms with E-state index in [-0.39, 0.29) is 24.4 Å². The van der Waals surface area contributed by atoms with Crippen LogP contribution < -0.4 is 5.73 Å². The highest BCUT2D eigenvalue weighted by Gasteiger charge is 2.23. The van der Waals surface area contributed by atoms with Crippen LogP contribution in [0.1, 0.15) is 25.8 Å². The van der Waals surface area contributed by atoms with Crippen LogP contribution in [0.4, 0.5) is 5.82 Å². The van der Waals surface area contributed by atoms with Crippen LogP contribution in [0.25, 0.3) is 33.7 Å². The number of nitrogens with two attached hydrogens (primary N) is 1. The number of anilines is 1. The number of pyridine rings is 1. The van der Waals surface area contributed by atoms with E-state index in [2.05, 4.69) is 15.1 Å². The van der Waals surface area contributed by atoms with Gasteiger partial charge in [0.1, 0.15) is 11.3 Å². The third-order valence-corrected chi connectivity index (χ3v) is 5.66. The summed E-state index contributed by atoms with van der Waals surface area (Å²) < 4.78 is 7.86. The Hall–Kier alpha value is -3.39. The molecule has 0 aliphatic carbocycles.